The minimum absolute atomic E-state index is 0.0328. The molecule has 0 amide bonds. The second kappa shape index (κ2) is 10.3. The van der Waals surface area contributed by atoms with Gasteiger partial charge in [-0.2, -0.15) is 0 Å². The van der Waals surface area contributed by atoms with E-state index in [0.29, 0.717) is 0 Å². The summed E-state index contributed by atoms with van der Waals surface area (Å²) in [6.45, 7) is 6.75. The second-order valence-corrected chi connectivity index (χ2v) is 7.02. The van der Waals surface area contributed by atoms with Crippen LogP contribution >= 0.6 is 0 Å². The van der Waals surface area contributed by atoms with Crippen molar-refractivity contribution in [3.05, 3.63) is 71.8 Å². The van der Waals surface area contributed by atoms with Crippen LogP contribution in [0.4, 0.5) is 11.4 Å². The summed E-state index contributed by atoms with van der Waals surface area (Å²) in [5.41, 5.74) is -0.226. The van der Waals surface area contributed by atoms with E-state index in [0.717, 1.165) is 12.2 Å². The molecule has 176 valence electrons. The SMILES string of the molecule is C=CC(=O)OCCNc1ccc(O)c2c1C(=O)c1c(O)ccc(NCCOC(=O)C=C)c1C2=O. The number of anilines is 2. The van der Waals surface area contributed by atoms with Crippen molar-refractivity contribution in [1.82, 2.24) is 0 Å². The summed E-state index contributed by atoms with van der Waals surface area (Å²) in [5.74, 6) is -3.39. The van der Waals surface area contributed by atoms with Crippen LogP contribution in [-0.4, -0.2) is 60.0 Å². The number of phenols is 2. The van der Waals surface area contributed by atoms with Crippen molar-refractivity contribution in [1.29, 1.82) is 0 Å². The Labute approximate surface area is 194 Å². The fourth-order valence-electron chi connectivity index (χ4n) is 3.45. The van der Waals surface area contributed by atoms with Gasteiger partial charge in [0.15, 0.2) is 0 Å². The van der Waals surface area contributed by atoms with Gasteiger partial charge in [-0.25, -0.2) is 9.59 Å². The average molecular weight is 466 g/mol. The second-order valence-electron chi connectivity index (χ2n) is 7.02. The zero-order chi connectivity index (χ0) is 24.8. The third kappa shape index (κ3) is 4.75. The van der Waals surface area contributed by atoms with Crippen molar-refractivity contribution in [2.45, 2.75) is 0 Å². The number of ketones is 2. The van der Waals surface area contributed by atoms with Gasteiger partial charge in [-0.1, -0.05) is 13.2 Å². The van der Waals surface area contributed by atoms with Crippen molar-refractivity contribution < 1.29 is 38.9 Å². The Morgan fingerprint density at radius 3 is 1.47 bits per heavy atom. The molecule has 0 aliphatic heterocycles. The molecule has 2 aromatic rings. The van der Waals surface area contributed by atoms with E-state index in [9.17, 15) is 29.4 Å². The highest BCUT2D eigenvalue weighted by atomic mass is 16.5. The zero-order valence-electron chi connectivity index (χ0n) is 18.1. The Morgan fingerprint density at radius 1 is 0.735 bits per heavy atom. The Bertz CT molecular complexity index is 1110. The van der Waals surface area contributed by atoms with E-state index < -0.39 is 35.0 Å². The number of phenolic OH excluding ortho intramolecular Hbond substituents is 2. The monoisotopic (exact) mass is 466 g/mol. The number of benzene rings is 2. The van der Waals surface area contributed by atoms with Crippen LogP contribution < -0.4 is 10.6 Å². The van der Waals surface area contributed by atoms with E-state index in [-0.39, 0.29) is 59.9 Å². The number of ether oxygens (including phenoxy) is 2. The number of carbonyl (C=O) groups is 4. The van der Waals surface area contributed by atoms with Gasteiger partial charge < -0.3 is 30.3 Å². The highest BCUT2D eigenvalue weighted by Gasteiger charge is 2.37. The number of hydrogen-bond acceptors (Lipinski definition) is 10. The molecule has 0 saturated carbocycles. The zero-order valence-corrected chi connectivity index (χ0v) is 18.1. The topological polar surface area (TPSA) is 151 Å². The van der Waals surface area contributed by atoms with Gasteiger partial charge in [0.1, 0.15) is 24.7 Å². The maximum atomic E-state index is 13.4. The lowest BCUT2D eigenvalue weighted by atomic mass is 9.81. The lowest BCUT2D eigenvalue weighted by Crippen LogP contribution is -2.25. The Morgan fingerprint density at radius 2 is 1.12 bits per heavy atom. The van der Waals surface area contributed by atoms with Crippen LogP contribution in [0.1, 0.15) is 31.8 Å². The van der Waals surface area contributed by atoms with Crippen molar-refractivity contribution >= 4 is 34.9 Å². The fraction of sp³-hybridized carbons (Fsp3) is 0.167. The molecule has 2 aromatic carbocycles. The van der Waals surface area contributed by atoms with Crippen molar-refractivity contribution in [3.63, 3.8) is 0 Å². The molecule has 0 saturated heterocycles. The van der Waals surface area contributed by atoms with Gasteiger partial charge in [0.05, 0.1) is 22.3 Å². The van der Waals surface area contributed by atoms with Gasteiger partial charge in [0.25, 0.3) is 0 Å². The summed E-state index contributed by atoms with van der Waals surface area (Å²) in [6.07, 6.45) is 2.03. The Hall–Kier alpha value is -4.60. The van der Waals surface area contributed by atoms with Gasteiger partial charge in [-0.05, 0) is 24.3 Å². The molecule has 3 rings (SSSR count). The number of nitrogens with one attached hydrogen (secondary N) is 2. The molecule has 10 heteroatoms. The average Bonchev–Trinajstić information content (AvgIpc) is 2.83. The van der Waals surface area contributed by atoms with Gasteiger partial charge in [0.2, 0.25) is 11.6 Å². The predicted molar refractivity (Wildman–Crippen MR) is 122 cm³/mol. The molecular weight excluding hydrogens is 444 g/mol. The summed E-state index contributed by atoms with van der Waals surface area (Å²) in [4.78, 5) is 49.1. The molecule has 0 spiro atoms. The summed E-state index contributed by atoms with van der Waals surface area (Å²) >= 11 is 0. The van der Waals surface area contributed by atoms with Gasteiger partial charge in [-0.15, -0.1) is 0 Å². The molecule has 0 fully saturated rings. The highest BCUT2D eigenvalue weighted by Crippen LogP contribution is 2.42. The maximum absolute atomic E-state index is 13.4. The molecule has 0 atom stereocenters. The lowest BCUT2D eigenvalue weighted by Gasteiger charge is -2.24. The quantitative estimate of drug-likeness (QED) is 0.151. The molecule has 0 bridgehead atoms. The summed E-state index contributed by atoms with van der Waals surface area (Å²) < 4.78 is 9.77. The van der Waals surface area contributed by atoms with Gasteiger partial charge in [-0.3, -0.25) is 9.59 Å². The lowest BCUT2D eigenvalue weighted by molar-refractivity contribution is -0.138. The molecule has 34 heavy (non-hydrogen) atoms. The minimum atomic E-state index is -0.676. The Kier molecular flexibility index (Phi) is 7.32. The van der Waals surface area contributed by atoms with Crippen LogP contribution in [0.2, 0.25) is 0 Å². The number of fused-ring (bicyclic) bond motifs is 2. The first-order valence-corrected chi connectivity index (χ1v) is 10.2. The largest absolute Gasteiger partial charge is 0.507 e. The molecule has 4 N–H and O–H groups in total. The number of rotatable bonds is 10. The predicted octanol–water partition coefficient (Wildman–Crippen LogP) is 2.16. The van der Waals surface area contributed by atoms with Gasteiger partial charge >= 0.3 is 11.9 Å². The number of hydrogen-bond donors (Lipinski definition) is 4. The van der Waals surface area contributed by atoms with Crippen LogP contribution in [0, 0.1) is 0 Å². The third-order valence-corrected chi connectivity index (χ3v) is 4.93. The molecule has 0 unspecified atom stereocenters. The molecule has 10 nitrogen and oxygen atoms in total. The summed E-state index contributed by atoms with van der Waals surface area (Å²) in [7, 11) is 0. The highest BCUT2D eigenvalue weighted by molar-refractivity contribution is 6.33. The summed E-state index contributed by atoms with van der Waals surface area (Å²) in [6, 6.07) is 5.34. The molecule has 0 radical (unpaired) electrons. The first kappa shape index (κ1) is 24.1. The molecular formula is C24H22N2O8. The molecule has 1 aliphatic rings. The van der Waals surface area contributed by atoms with E-state index in [4.69, 9.17) is 9.47 Å². The molecule has 1 aliphatic carbocycles. The van der Waals surface area contributed by atoms with Crippen molar-refractivity contribution in [3.8, 4) is 11.5 Å². The normalized spacial score (nSPS) is 11.6. The fourth-order valence-corrected chi connectivity index (χ4v) is 3.45. The first-order valence-electron chi connectivity index (χ1n) is 10.2. The van der Waals surface area contributed by atoms with E-state index >= 15 is 0 Å². The first-order chi connectivity index (χ1) is 16.3. The van der Waals surface area contributed by atoms with Crippen molar-refractivity contribution in [2.75, 3.05) is 36.9 Å². The van der Waals surface area contributed by atoms with Crippen LogP contribution in [0.5, 0.6) is 11.5 Å². The van der Waals surface area contributed by atoms with E-state index in [1.165, 1.54) is 24.3 Å². The number of carbonyl (C=O) groups excluding carboxylic acids is 4. The van der Waals surface area contributed by atoms with Crippen LogP contribution in [0.3, 0.4) is 0 Å². The minimum Gasteiger partial charge on any atom is -0.507 e. The van der Waals surface area contributed by atoms with Crippen LogP contribution in [0.25, 0.3) is 0 Å². The summed E-state index contributed by atoms with van der Waals surface area (Å²) in [5, 5.41) is 26.6. The van der Waals surface area contributed by atoms with Crippen LogP contribution in [0.15, 0.2) is 49.6 Å². The molecule has 0 heterocycles. The molecule has 0 aromatic heterocycles. The third-order valence-electron chi connectivity index (χ3n) is 4.93. The maximum Gasteiger partial charge on any atom is 0.330 e. The standard InChI is InChI=1S/C24H22N2O8/c1-3-17(29)33-11-9-25-13-5-7-15(27)21-19(13)23(31)22-16(28)8-6-14(20(22)24(21)32)26-10-12-34-18(30)4-2/h3-8,25-28H,1-2,9-12H2. The van der Waals surface area contributed by atoms with Gasteiger partial charge in [0, 0.05) is 36.6 Å². The Balaban J connectivity index is 1.92. The van der Waals surface area contributed by atoms with E-state index in [1.807, 2.05) is 0 Å². The van der Waals surface area contributed by atoms with Crippen molar-refractivity contribution in [2.24, 2.45) is 0 Å². The number of aromatic hydroxyl groups is 2. The van der Waals surface area contributed by atoms with Crippen LogP contribution in [-0.2, 0) is 19.1 Å². The number of esters is 2. The van der Waals surface area contributed by atoms with E-state index in [2.05, 4.69) is 23.8 Å². The smallest absolute Gasteiger partial charge is 0.330 e. The van der Waals surface area contributed by atoms with E-state index in [1.54, 1.807) is 0 Å².